The van der Waals surface area contributed by atoms with Crippen LogP contribution in [0.25, 0.3) is 0 Å². The number of aromatic nitrogens is 1. The van der Waals surface area contributed by atoms with Crippen molar-refractivity contribution in [2.75, 3.05) is 0 Å². The van der Waals surface area contributed by atoms with Gasteiger partial charge in [0.25, 0.3) is 0 Å². The molecule has 0 aliphatic rings. The number of aliphatic hydroxyl groups is 1. The van der Waals surface area contributed by atoms with Gasteiger partial charge < -0.3 is 9.84 Å². The number of halogens is 2. The van der Waals surface area contributed by atoms with E-state index in [1.807, 2.05) is 0 Å². The standard InChI is InChI=1S/C13H9Cl2NO3S/c1-7(10(17)12-16-5-6-20-12)13(18)19-11-8(14)3-2-4-9(11)15/h2-6,10,17H,1H2. The highest BCUT2D eigenvalue weighted by molar-refractivity contribution is 7.09. The summed E-state index contributed by atoms with van der Waals surface area (Å²) in [6, 6.07) is 4.70. The number of thiazole rings is 1. The Morgan fingerprint density at radius 3 is 2.60 bits per heavy atom. The van der Waals surface area contributed by atoms with Crippen LogP contribution in [0.4, 0.5) is 0 Å². The van der Waals surface area contributed by atoms with Gasteiger partial charge in [-0.25, -0.2) is 9.78 Å². The van der Waals surface area contributed by atoms with Gasteiger partial charge in [-0.15, -0.1) is 11.3 Å². The second kappa shape index (κ2) is 6.37. The highest BCUT2D eigenvalue weighted by Crippen LogP contribution is 2.33. The number of aliphatic hydroxyl groups excluding tert-OH is 1. The van der Waals surface area contributed by atoms with Crippen molar-refractivity contribution in [3.63, 3.8) is 0 Å². The second-order valence-electron chi connectivity index (χ2n) is 3.74. The number of nitrogens with zero attached hydrogens (tertiary/aromatic N) is 1. The molecule has 1 N–H and O–H groups in total. The van der Waals surface area contributed by atoms with Crippen LogP contribution in [0, 0.1) is 0 Å². The quantitative estimate of drug-likeness (QED) is 0.528. The van der Waals surface area contributed by atoms with Gasteiger partial charge in [0.1, 0.15) is 11.1 Å². The molecule has 0 aliphatic heterocycles. The van der Waals surface area contributed by atoms with Gasteiger partial charge >= 0.3 is 5.97 Å². The topological polar surface area (TPSA) is 59.4 Å². The van der Waals surface area contributed by atoms with E-state index in [2.05, 4.69) is 11.6 Å². The Morgan fingerprint density at radius 2 is 2.05 bits per heavy atom. The molecule has 1 atom stereocenters. The van der Waals surface area contributed by atoms with Crippen LogP contribution in [0.5, 0.6) is 5.75 Å². The molecule has 0 fully saturated rings. The average Bonchev–Trinajstić information content (AvgIpc) is 2.95. The zero-order valence-corrected chi connectivity index (χ0v) is 12.4. The lowest BCUT2D eigenvalue weighted by atomic mass is 10.2. The van der Waals surface area contributed by atoms with E-state index in [0.29, 0.717) is 5.01 Å². The van der Waals surface area contributed by atoms with E-state index in [4.69, 9.17) is 27.9 Å². The van der Waals surface area contributed by atoms with Crippen molar-refractivity contribution in [2.24, 2.45) is 0 Å². The van der Waals surface area contributed by atoms with E-state index in [9.17, 15) is 9.90 Å². The average molecular weight is 330 g/mol. The summed E-state index contributed by atoms with van der Waals surface area (Å²) in [5, 5.41) is 12.4. The number of esters is 1. The van der Waals surface area contributed by atoms with Gasteiger partial charge in [-0.2, -0.15) is 0 Å². The smallest absolute Gasteiger partial charge is 0.342 e. The third kappa shape index (κ3) is 3.19. The maximum atomic E-state index is 11.9. The summed E-state index contributed by atoms with van der Waals surface area (Å²) >= 11 is 13.0. The molecule has 7 heteroatoms. The van der Waals surface area contributed by atoms with Gasteiger partial charge in [0, 0.05) is 11.6 Å². The first-order valence-electron chi connectivity index (χ1n) is 5.43. The number of benzene rings is 1. The normalized spacial score (nSPS) is 11.9. The van der Waals surface area contributed by atoms with Gasteiger partial charge in [-0.05, 0) is 12.1 Å². The SMILES string of the molecule is C=C(C(=O)Oc1c(Cl)cccc1Cl)C(O)c1nccs1. The summed E-state index contributed by atoms with van der Waals surface area (Å²) in [7, 11) is 0. The first kappa shape index (κ1) is 15.0. The third-order valence-electron chi connectivity index (χ3n) is 2.39. The summed E-state index contributed by atoms with van der Waals surface area (Å²) in [6.45, 7) is 3.52. The van der Waals surface area contributed by atoms with Crippen LogP contribution in [0.15, 0.2) is 41.9 Å². The number of para-hydroxylation sites is 1. The van der Waals surface area contributed by atoms with E-state index in [-0.39, 0.29) is 21.4 Å². The molecule has 20 heavy (non-hydrogen) atoms. The van der Waals surface area contributed by atoms with Gasteiger partial charge in [0.2, 0.25) is 0 Å². The Labute approximate surface area is 129 Å². The molecular formula is C13H9Cl2NO3S. The lowest BCUT2D eigenvalue weighted by Gasteiger charge is -2.12. The molecule has 0 spiro atoms. The molecular weight excluding hydrogens is 321 g/mol. The van der Waals surface area contributed by atoms with Gasteiger partial charge in [-0.3, -0.25) is 0 Å². The predicted molar refractivity (Wildman–Crippen MR) is 78.3 cm³/mol. The van der Waals surface area contributed by atoms with Crippen molar-refractivity contribution >= 4 is 40.5 Å². The minimum atomic E-state index is -1.22. The molecule has 0 radical (unpaired) electrons. The van der Waals surface area contributed by atoms with Crippen molar-refractivity contribution < 1.29 is 14.6 Å². The molecule has 104 valence electrons. The molecule has 0 aliphatic carbocycles. The lowest BCUT2D eigenvalue weighted by Crippen LogP contribution is -2.16. The summed E-state index contributed by atoms with van der Waals surface area (Å²) in [4.78, 5) is 15.8. The van der Waals surface area contributed by atoms with E-state index in [1.165, 1.54) is 29.7 Å². The van der Waals surface area contributed by atoms with Crippen molar-refractivity contribution in [1.29, 1.82) is 0 Å². The predicted octanol–water partition coefficient (Wildman–Crippen LogP) is 3.65. The summed E-state index contributed by atoms with van der Waals surface area (Å²) in [6.07, 6.45) is 0.302. The summed E-state index contributed by atoms with van der Waals surface area (Å²) in [5.74, 6) is -0.781. The number of hydrogen-bond donors (Lipinski definition) is 1. The van der Waals surface area contributed by atoms with Crippen molar-refractivity contribution in [3.8, 4) is 5.75 Å². The largest absolute Gasteiger partial charge is 0.420 e. The fourth-order valence-electron chi connectivity index (χ4n) is 1.37. The molecule has 0 saturated carbocycles. The maximum Gasteiger partial charge on any atom is 0.342 e. The van der Waals surface area contributed by atoms with E-state index in [0.717, 1.165) is 0 Å². The molecule has 1 heterocycles. The van der Waals surface area contributed by atoms with Crippen LogP contribution in [0.3, 0.4) is 0 Å². The molecule has 0 amide bonds. The number of hydrogen-bond acceptors (Lipinski definition) is 5. The molecule has 0 bridgehead atoms. The zero-order valence-electron chi connectivity index (χ0n) is 10.0. The van der Waals surface area contributed by atoms with Crippen LogP contribution in [-0.4, -0.2) is 16.1 Å². The highest BCUT2D eigenvalue weighted by atomic mass is 35.5. The number of ether oxygens (including phenoxy) is 1. The van der Waals surface area contributed by atoms with Gasteiger partial charge in [-0.1, -0.05) is 35.8 Å². The minimum absolute atomic E-state index is 0.0355. The van der Waals surface area contributed by atoms with Gasteiger partial charge in [0.15, 0.2) is 5.75 Å². The Bertz CT molecular complexity index is 623. The number of carbonyl (C=O) groups excluding carboxylic acids is 1. The summed E-state index contributed by atoms with van der Waals surface area (Å²) < 4.78 is 5.07. The molecule has 2 rings (SSSR count). The van der Waals surface area contributed by atoms with Crippen LogP contribution in [0.2, 0.25) is 10.0 Å². The Kier molecular flexibility index (Phi) is 4.77. The molecule has 1 aromatic heterocycles. The Morgan fingerprint density at radius 1 is 1.40 bits per heavy atom. The molecule has 4 nitrogen and oxygen atoms in total. The zero-order chi connectivity index (χ0) is 14.7. The highest BCUT2D eigenvalue weighted by Gasteiger charge is 2.23. The lowest BCUT2D eigenvalue weighted by molar-refractivity contribution is -0.131. The van der Waals surface area contributed by atoms with E-state index >= 15 is 0 Å². The summed E-state index contributed by atoms with van der Waals surface area (Å²) in [5.41, 5.74) is -0.143. The van der Waals surface area contributed by atoms with E-state index < -0.39 is 12.1 Å². The third-order valence-corrected chi connectivity index (χ3v) is 3.81. The molecule has 2 aromatic rings. The first-order valence-corrected chi connectivity index (χ1v) is 7.06. The number of rotatable bonds is 4. The van der Waals surface area contributed by atoms with Crippen molar-refractivity contribution in [1.82, 2.24) is 4.98 Å². The van der Waals surface area contributed by atoms with Crippen molar-refractivity contribution in [2.45, 2.75) is 6.10 Å². The van der Waals surface area contributed by atoms with Crippen molar-refractivity contribution in [3.05, 3.63) is 57.0 Å². The Hall–Kier alpha value is -1.40. The molecule has 1 aromatic carbocycles. The monoisotopic (exact) mass is 329 g/mol. The Balaban J connectivity index is 2.14. The van der Waals surface area contributed by atoms with Crippen LogP contribution in [-0.2, 0) is 4.79 Å². The maximum absolute atomic E-state index is 11.9. The fourth-order valence-corrected chi connectivity index (χ4v) is 2.50. The van der Waals surface area contributed by atoms with E-state index in [1.54, 1.807) is 11.4 Å². The minimum Gasteiger partial charge on any atom is -0.420 e. The molecule has 1 unspecified atom stereocenters. The fraction of sp³-hybridized carbons (Fsp3) is 0.0769. The number of carbonyl (C=O) groups is 1. The molecule has 0 saturated heterocycles. The van der Waals surface area contributed by atoms with Crippen LogP contribution in [0.1, 0.15) is 11.1 Å². The van der Waals surface area contributed by atoms with Crippen LogP contribution >= 0.6 is 34.5 Å². The first-order chi connectivity index (χ1) is 9.50. The second-order valence-corrected chi connectivity index (χ2v) is 5.48. The van der Waals surface area contributed by atoms with Gasteiger partial charge in [0.05, 0.1) is 15.6 Å². The van der Waals surface area contributed by atoms with Crippen LogP contribution < -0.4 is 4.74 Å².